The SMILES string of the molecule is BC(B)(CCCC)COc1nsnc1C1=CCCN(C)C1. The van der Waals surface area contributed by atoms with E-state index in [2.05, 4.69) is 49.4 Å². The molecule has 0 saturated heterocycles. The van der Waals surface area contributed by atoms with Crippen LogP contribution in [0.25, 0.3) is 5.57 Å². The molecule has 0 aliphatic carbocycles. The molecule has 7 heteroatoms. The molecule has 0 atom stereocenters. The van der Waals surface area contributed by atoms with Gasteiger partial charge in [0.25, 0.3) is 5.88 Å². The molecule has 0 spiro atoms. The first-order chi connectivity index (χ1) is 10.0. The fraction of sp³-hybridized carbons (Fsp3) is 0.714. The standard InChI is InChI=1S/C14H25B2N3OS/c1-3-4-7-14(15,16)10-20-13-12(17-21-18-13)11-6-5-8-19(2)9-11/h6H,3-5,7-10,15-16H2,1-2H3. The summed E-state index contributed by atoms with van der Waals surface area (Å²) in [5.74, 6) is 0.714. The van der Waals surface area contributed by atoms with Gasteiger partial charge in [-0.15, -0.1) is 4.37 Å². The molecule has 4 nitrogen and oxygen atoms in total. The second-order valence-electron chi connectivity index (χ2n) is 6.73. The number of nitrogens with zero attached hydrogens (tertiary/aromatic N) is 3. The predicted molar refractivity (Wildman–Crippen MR) is 94.8 cm³/mol. The summed E-state index contributed by atoms with van der Waals surface area (Å²) in [5.41, 5.74) is 2.19. The highest BCUT2D eigenvalue weighted by atomic mass is 32.1. The molecule has 0 N–H and O–H groups in total. The van der Waals surface area contributed by atoms with Gasteiger partial charge >= 0.3 is 0 Å². The van der Waals surface area contributed by atoms with Crippen molar-refractivity contribution in [3.05, 3.63) is 11.8 Å². The van der Waals surface area contributed by atoms with Crippen molar-refractivity contribution in [2.45, 2.75) is 37.8 Å². The van der Waals surface area contributed by atoms with Crippen molar-refractivity contribution in [2.24, 2.45) is 0 Å². The van der Waals surface area contributed by atoms with Gasteiger partial charge in [0.2, 0.25) is 0 Å². The van der Waals surface area contributed by atoms with Gasteiger partial charge in [-0.25, -0.2) is 0 Å². The van der Waals surface area contributed by atoms with Crippen molar-refractivity contribution in [1.29, 1.82) is 0 Å². The Morgan fingerprint density at radius 3 is 2.95 bits per heavy atom. The van der Waals surface area contributed by atoms with Crippen LogP contribution < -0.4 is 4.74 Å². The van der Waals surface area contributed by atoms with E-state index in [9.17, 15) is 0 Å². The molecular weight excluding hydrogens is 280 g/mol. The number of hydrogen-bond acceptors (Lipinski definition) is 5. The normalized spacial score (nSPS) is 16.8. The Kier molecular flexibility index (Phi) is 5.88. The largest absolute Gasteiger partial charge is 0.476 e. The molecule has 21 heavy (non-hydrogen) atoms. The first kappa shape index (κ1) is 16.6. The van der Waals surface area contributed by atoms with E-state index in [0.29, 0.717) is 12.5 Å². The van der Waals surface area contributed by atoms with E-state index in [1.807, 2.05) is 0 Å². The lowest BCUT2D eigenvalue weighted by Gasteiger charge is -2.25. The van der Waals surface area contributed by atoms with Crippen LogP contribution in [0.5, 0.6) is 5.88 Å². The van der Waals surface area contributed by atoms with Gasteiger partial charge in [-0.1, -0.05) is 37.5 Å². The van der Waals surface area contributed by atoms with Crippen LogP contribution in [-0.4, -0.2) is 56.1 Å². The summed E-state index contributed by atoms with van der Waals surface area (Å²) in [6.07, 6.45) is 7.00. The van der Waals surface area contributed by atoms with Crippen LogP contribution in [0.1, 0.15) is 38.3 Å². The maximum atomic E-state index is 6.00. The number of aromatic nitrogens is 2. The van der Waals surface area contributed by atoms with E-state index in [-0.39, 0.29) is 5.21 Å². The average Bonchev–Trinajstić information content (AvgIpc) is 2.92. The lowest BCUT2D eigenvalue weighted by atomic mass is 9.53. The van der Waals surface area contributed by atoms with Crippen LogP contribution in [0.2, 0.25) is 5.21 Å². The molecule has 2 rings (SSSR count). The number of rotatable bonds is 7. The molecule has 114 valence electrons. The Labute approximate surface area is 134 Å². The third-order valence-electron chi connectivity index (χ3n) is 3.91. The lowest BCUT2D eigenvalue weighted by molar-refractivity contribution is 0.280. The van der Waals surface area contributed by atoms with Crippen molar-refractivity contribution >= 4 is 33.0 Å². The van der Waals surface area contributed by atoms with Crippen LogP contribution in [0.15, 0.2) is 6.08 Å². The summed E-state index contributed by atoms with van der Waals surface area (Å²) in [5, 5.41) is 0.189. The van der Waals surface area contributed by atoms with Crippen molar-refractivity contribution in [2.75, 3.05) is 26.7 Å². The second-order valence-corrected chi connectivity index (χ2v) is 7.26. The molecule has 0 bridgehead atoms. The van der Waals surface area contributed by atoms with E-state index < -0.39 is 0 Å². The van der Waals surface area contributed by atoms with Gasteiger partial charge in [-0.3, -0.25) is 0 Å². The Balaban J connectivity index is 1.99. The summed E-state index contributed by atoms with van der Waals surface area (Å²) >= 11 is 1.25. The van der Waals surface area contributed by atoms with Crippen molar-refractivity contribution in [3.63, 3.8) is 0 Å². The maximum absolute atomic E-state index is 6.00. The van der Waals surface area contributed by atoms with Crippen molar-refractivity contribution in [1.82, 2.24) is 13.6 Å². The molecular formula is C14H25B2N3OS. The van der Waals surface area contributed by atoms with Gasteiger partial charge in [-0.05, 0) is 19.0 Å². The molecule has 1 aliphatic rings. The van der Waals surface area contributed by atoms with Crippen molar-refractivity contribution in [3.8, 4) is 5.88 Å². The number of unbranched alkanes of at least 4 members (excludes halogenated alkanes) is 1. The quantitative estimate of drug-likeness (QED) is 0.710. The summed E-state index contributed by atoms with van der Waals surface area (Å²) < 4.78 is 14.8. The summed E-state index contributed by atoms with van der Waals surface area (Å²) in [4.78, 5) is 2.31. The number of likely N-dealkylation sites (N-methyl/N-ethyl adjacent to an activating group) is 1. The zero-order valence-corrected chi connectivity index (χ0v) is 14.5. The first-order valence-electron chi connectivity index (χ1n) is 7.85. The Bertz CT molecular complexity index is 490. The van der Waals surface area contributed by atoms with Crippen molar-refractivity contribution < 1.29 is 4.74 Å². The smallest absolute Gasteiger partial charge is 0.253 e. The van der Waals surface area contributed by atoms with Crippen LogP contribution >= 0.6 is 11.7 Å². The van der Waals surface area contributed by atoms with Crippen LogP contribution in [-0.2, 0) is 0 Å². The fourth-order valence-corrected chi connectivity index (χ4v) is 3.06. The van der Waals surface area contributed by atoms with Gasteiger partial charge < -0.3 is 9.64 Å². The van der Waals surface area contributed by atoms with Crippen LogP contribution in [0.3, 0.4) is 0 Å². The van der Waals surface area contributed by atoms with Crippen LogP contribution in [0, 0.1) is 0 Å². The monoisotopic (exact) mass is 305 g/mol. The minimum Gasteiger partial charge on any atom is -0.476 e. The molecule has 0 saturated carbocycles. The van der Waals surface area contributed by atoms with Gasteiger partial charge in [0, 0.05) is 13.1 Å². The highest BCUT2D eigenvalue weighted by molar-refractivity contribution is 6.99. The molecule has 1 aromatic heterocycles. The molecule has 2 heterocycles. The average molecular weight is 305 g/mol. The fourth-order valence-electron chi connectivity index (χ4n) is 2.53. The number of hydrogen-bond donors (Lipinski definition) is 0. The highest BCUT2D eigenvalue weighted by Gasteiger charge is 2.22. The number of ether oxygens (including phenoxy) is 1. The lowest BCUT2D eigenvalue weighted by Crippen LogP contribution is -2.25. The minimum absolute atomic E-state index is 0.189. The van der Waals surface area contributed by atoms with E-state index in [1.54, 1.807) is 0 Å². The molecule has 0 fully saturated rings. The maximum Gasteiger partial charge on any atom is 0.253 e. The van der Waals surface area contributed by atoms with E-state index in [0.717, 1.165) is 25.2 Å². The second kappa shape index (κ2) is 7.45. The molecule has 1 aliphatic heterocycles. The van der Waals surface area contributed by atoms with Gasteiger partial charge in [0.1, 0.15) is 21.4 Å². The van der Waals surface area contributed by atoms with E-state index in [1.165, 1.54) is 36.6 Å². The summed E-state index contributed by atoms with van der Waals surface area (Å²) in [7, 11) is 6.66. The zero-order chi connectivity index (χ0) is 15.3. The first-order valence-corrected chi connectivity index (χ1v) is 8.58. The van der Waals surface area contributed by atoms with Crippen LogP contribution in [0.4, 0.5) is 0 Å². The van der Waals surface area contributed by atoms with Gasteiger partial charge in [0.15, 0.2) is 0 Å². The van der Waals surface area contributed by atoms with E-state index in [4.69, 9.17) is 4.74 Å². The highest BCUT2D eigenvalue weighted by Crippen LogP contribution is 2.30. The Morgan fingerprint density at radius 2 is 2.24 bits per heavy atom. The van der Waals surface area contributed by atoms with Gasteiger partial charge in [0.05, 0.1) is 18.3 Å². The molecule has 0 aromatic carbocycles. The third kappa shape index (κ3) is 4.85. The summed E-state index contributed by atoms with van der Waals surface area (Å²) in [6, 6.07) is 0. The minimum atomic E-state index is 0.189. The molecule has 0 radical (unpaired) electrons. The third-order valence-corrected chi connectivity index (χ3v) is 4.42. The molecule has 1 aromatic rings. The Hall–Kier alpha value is -0.810. The zero-order valence-electron chi connectivity index (χ0n) is 13.7. The topological polar surface area (TPSA) is 38.3 Å². The molecule has 0 amide bonds. The summed E-state index contributed by atoms with van der Waals surface area (Å²) in [6.45, 7) is 4.97. The van der Waals surface area contributed by atoms with E-state index >= 15 is 0 Å². The Morgan fingerprint density at radius 1 is 1.43 bits per heavy atom. The van der Waals surface area contributed by atoms with Gasteiger partial charge in [-0.2, -0.15) is 4.37 Å². The predicted octanol–water partition coefficient (Wildman–Crippen LogP) is 1.21. The molecule has 0 unspecified atom stereocenters.